The molecule has 0 spiro atoms. The summed E-state index contributed by atoms with van der Waals surface area (Å²) < 4.78 is 2.28. The van der Waals surface area contributed by atoms with E-state index in [0.29, 0.717) is 0 Å². The van der Waals surface area contributed by atoms with E-state index in [9.17, 15) is 0 Å². The Morgan fingerprint density at radius 3 is 2.87 bits per heavy atom. The highest BCUT2D eigenvalue weighted by Crippen LogP contribution is 2.18. The fourth-order valence-corrected chi connectivity index (χ4v) is 1.87. The summed E-state index contributed by atoms with van der Waals surface area (Å²) in [6, 6.07) is 8.25. The first-order valence-electron chi connectivity index (χ1n) is 5.53. The zero-order valence-corrected chi connectivity index (χ0v) is 9.11. The normalized spacial score (nSPS) is 11.1. The van der Waals surface area contributed by atoms with Gasteiger partial charge in [0.2, 0.25) is 0 Å². The van der Waals surface area contributed by atoms with Gasteiger partial charge in [-0.3, -0.25) is 0 Å². The second-order valence-corrected chi connectivity index (χ2v) is 3.91. The molecule has 0 aliphatic rings. The Labute approximate surface area is 90.2 Å². The lowest BCUT2D eigenvalue weighted by Gasteiger charge is -2.04. The largest absolute Gasteiger partial charge is 0.392 e. The molecule has 15 heavy (non-hydrogen) atoms. The van der Waals surface area contributed by atoms with Crippen LogP contribution in [-0.4, -0.2) is 9.67 Å². The van der Waals surface area contributed by atoms with Crippen molar-refractivity contribution in [2.45, 2.75) is 32.9 Å². The quantitative estimate of drug-likeness (QED) is 0.812. The molecule has 0 saturated carbocycles. The lowest BCUT2D eigenvalue weighted by atomic mass is 10.2. The van der Waals surface area contributed by atoms with Crippen LogP contribution in [0.5, 0.6) is 0 Å². The van der Waals surface area contributed by atoms with E-state index in [1.165, 1.54) is 23.7 Å². The molecule has 0 saturated heterocycles. The summed E-state index contributed by atoms with van der Waals surface area (Å²) in [6.07, 6.45) is 4.56. The van der Waals surface area contributed by atoms with Crippen molar-refractivity contribution in [1.82, 2.24) is 4.57 Å². The minimum Gasteiger partial charge on any atom is -0.392 e. The van der Waals surface area contributed by atoms with Gasteiger partial charge in [0.15, 0.2) is 0 Å². The second kappa shape index (κ2) is 4.49. The topological polar surface area (TPSA) is 25.2 Å². The third kappa shape index (κ3) is 2.05. The van der Waals surface area contributed by atoms with Gasteiger partial charge in [-0.2, -0.15) is 0 Å². The zero-order chi connectivity index (χ0) is 10.7. The highest BCUT2D eigenvalue weighted by Gasteiger charge is 2.01. The van der Waals surface area contributed by atoms with Gasteiger partial charge in [-0.1, -0.05) is 19.4 Å². The monoisotopic (exact) mass is 203 g/mol. The van der Waals surface area contributed by atoms with E-state index in [-0.39, 0.29) is 6.61 Å². The fraction of sp³-hybridized carbons (Fsp3) is 0.385. The van der Waals surface area contributed by atoms with E-state index in [4.69, 9.17) is 5.11 Å². The summed E-state index contributed by atoms with van der Waals surface area (Å²) in [6.45, 7) is 3.41. The molecule has 0 atom stereocenters. The van der Waals surface area contributed by atoms with E-state index in [1.54, 1.807) is 0 Å². The van der Waals surface area contributed by atoms with Crippen molar-refractivity contribution in [3.8, 4) is 0 Å². The van der Waals surface area contributed by atoms with Crippen LogP contribution >= 0.6 is 0 Å². The van der Waals surface area contributed by atoms with Crippen LogP contribution in [0.4, 0.5) is 0 Å². The zero-order valence-electron chi connectivity index (χ0n) is 9.11. The molecule has 0 amide bonds. The maximum atomic E-state index is 9.04. The van der Waals surface area contributed by atoms with E-state index < -0.39 is 0 Å². The number of nitrogens with zero attached hydrogens (tertiary/aromatic N) is 1. The van der Waals surface area contributed by atoms with Crippen LogP contribution in [0.2, 0.25) is 0 Å². The van der Waals surface area contributed by atoms with Crippen molar-refractivity contribution in [2.75, 3.05) is 0 Å². The molecule has 1 aromatic carbocycles. The van der Waals surface area contributed by atoms with Crippen molar-refractivity contribution >= 4 is 10.9 Å². The van der Waals surface area contributed by atoms with E-state index in [1.807, 2.05) is 6.07 Å². The van der Waals surface area contributed by atoms with Crippen LogP contribution < -0.4 is 0 Å². The van der Waals surface area contributed by atoms with Crippen LogP contribution in [0.1, 0.15) is 25.3 Å². The van der Waals surface area contributed by atoms with Gasteiger partial charge in [-0.25, -0.2) is 0 Å². The van der Waals surface area contributed by atoms with E-state index in [0.717, 1.165) is 12.1 Å². The van der Waals surface area contributed by atoms with E-state index in [2.05, 4.69) is 35.9 Å². The van der Waals surface area contributed by atoms with Crippen molar-refractivity contribution in [2.24, 2.45) is 0 Å². The Kier molecular flexibility index (Phi) is 3.07. The van der Waals surface area contributed by atoms with E-state index >= 15 is 0 Å². The summed E-state index contributed by atoms with van der Waals surface area (Å²) in [7, 11) is 0. The SMILES string of the molecule is CCCCn1ccc2cc(CO)ccc21. The molecule has 2 rings (SSSR count). The van der Waals surface area contributed by atoms with Crippen LogP contribution in [0.25, 0.3) is 10.9 Å². The number of hydrogen-bond donors (Lipinski definition) is 1. The number of benzene rings is 1. The third-order valence-corrected chi connectivity index (χ3v) is 2.77. The molecular weight excluding hydrogens is 186 g/mol. The predicted molar refractivity (Wildman–Crippen MR) is 62.8 cm³/mol. The average molecular weight is 203 g/mol. The molecule has 0 unspecified atom stereocenters. The molecule has 0 fully saturated rings. The maximum Gasteiger partial charge on any atom is 0.0682 e. The molecular formula is C13H17NO. The first-order chi connectivity index (χ1) is 7.35. The predicted octanol–water partition coefficient (Wildman–Crippen LogP) is 2.93. The number of aryl methyl sites for hydroxylation is 1. The number of aliphatic hydroxyl groups excluding tert-OH is 1. The average Bonchev–Trinajstić information content (AvgIpc) is 2.68. The van der Waals surface area contributed by atoms with Crippen molar-refractivity contribution in [1.29, 1.82) is 0 Å². The summed E-state index contributed by atoms with van der Waals surface area (Å²) in [5, 5.41) is 10.3. The van der Waals surface area contributed by atoms with Gasteiger partial charge in [-0.05, 0) is 35.6 Å². The van der Waals surface area contributed by atoms with Gasteiger partial charge < -0.3 is 9.67 Å². The Bertz CT molecular complexity index is 445. The summed E-state index contributed by atoms with van der Waals surface area (Å²) in [5.41, 5.74) is 2.25. The summed E-state index contributed by atoms with van der Waals surface area (Å²) in [5.74, 6) is 0. The molecule has 0 radical (unpaired) electrons. The molecule has 2 aromatic rings. The van der Waals surface area contributed by atoms with Crippen molar-refractivity contribution < 1.29 is 5.11 Å². The molecule has 0 aliphatic heterocycles. The van der Waals surface area contributed by atoms with Gasteiger partial charge in [0.25, 0.3) is 0 Å². The Hall–Kier alpha value is -1.28. The second-order valence-electron chi connectivity index (χ2n) is 3.91. The lowest BCUT2D eigenvalue weighted by Crippen LogP contribution is -1.95. The summed E-state index contributed by atoms with van der Waals surface area (Å²) in [4.78, 5) is 0. The van der Waals surface area contributed by atoms with Gasteiger partial charge in [0.1, 0.15) is 0 Å². The van der Waals surface area contributed by atoms with Crippen LogP contribution in [0.3, 0.4) is 0 Å². The lowest BCUT2D eigenvalue weighted by molar-refractivity contribution is 0.282. The number of aromatic nitrogens is 1. The Morgan fingerprint density at radius 2 is 2.13 bits per heavy atom. The first kappa shape index (κ1) is 10.2. The minimum atomic E-state index is 0.121. The van der Waals surface area contributed by atoms with Gasteiger partial charge in [0, 0.05) is 18.3 Å². The smallest absolute Gasteiger partial charge is 0.0682 e. The molecule has 0 aliphatic carbocycles. The van der Waals surface area contributed by atoms with Crippen LogP contribution in [0.15, 0.2) is 30.5 Å². The van der Waals surface area contributed by atoms with Crippen molar-refractivity contribution in [3.05, 3.63) is 36.0 Å². The van der Waals surface area contributed by atoms with Gasteiger partial charge in [0.05, 0.1) is 6.61 Å². The third-order valence-electron chi connectivity index (χ3n) is 2.77. The molecule has 1 heterocycles. The minimum absolute atomic E-state index is 0.121. The molecule has 1 aromatic heterocycles. The molecule has 0 bridgehead atoms. The van der Waals surface area contributed by atoms with Gasteiger partial charge >= 0.3 is 0 Å². The van der Waals surface area contributed by atoms with Crippen LogP contribution in [-0.2, 0) is 13.2 Å². The molecule has 2 nitrogen and oxygen atoms in total. The standard InChI is InChI=1S/C13H17NO/c1-2-3-7-14-8-6-12-9-11(10-15)4-5-13(12)14/h4-6,8-9,15H,2-3,7,10H2,1H3. The number of rotatable bonds is 4. The Balaban J connectivity index is 2.34. The fourth-order valence-electron chi connectivity index (χ4n) is 1.87. The molecule has 2 heteroatoms. The number of unbranched alkanes of at least 4 members (excludes halogenated alkanes) is 1. The number of aliphatic hydroxyl groups is 1. The Morgan fingerprint density at radius 1 is 1.27 bits per heavy atom. The maximum absolute atomic E-state index is 9.04. The van der Waals surface area contributed by atoms with Gasteiger partial charge in [-0.15, -0.1) is 0 Å². The summed E-state index contributed by atoms with van der Waals surface area (Å²) >= 11 is 0. The molecule has 80 valence electrons. The van der Waals surface area contributed by atoms with Crippen LogP contribution in [0, 0.1) is 0 Å². The number of hydrogen-bond acceptors (Lipinski definition) is 1. The first-order valence-corrected chi connectivity index (χ1v) is 5.53. The van der Waals surface area contributed by atoms with Crippen molar-refractivity contribution in [3.63, 3.8) is 0 Å². The highest BCUT2D eigenvalue weighted by molar-refractivity contribution is 5.80. The molecule has 1 N–H and O–H groups in total. The highest BCUT2D eigenvalue weighted by atomic mass is 16.3. The number of fused-ring (bicyclic) bond motifs is 1.